The molecule has 0 N–H and O–H groups in total. The van der Waals surface area contributed by atoms with Crippen molar-refractivity contribution in [2.24, 2.45) is 11.8 Å². The van der Waals surface area contributed by atoms with Crippen LogP contribution in [0, 0.1) is 11.8 Å². The summed E-state index contributed by atoms with van der Waals surface area (Å²) in [6, 6.07) is 6.86. The third-order valence-electron chi connectivity index (χ3n) is 5.01. The van der Waals surface area contributed by atoms with Crippen molar-refractivity contribution in [3.8, 4) is 0 Å². The molecule has 3 saturated heterocycles. The highest BCUT2D eigenvalue weighted by Gasteiger charge is 2.33. The van der Waals surface area contributed by atoms with Crippen LogP contribution in [-0.2, 0) is 6.42 Å². The number of aryl methyl sites for hydroxylation is 1. The Morgan fingerprint density at radius 2 is 2.16 bits per heavy atom. The van der Waals surface area contributed by atoms with Gasteiger partial charge in [-0.2, -0.15) is 4.37 Å². The molecule has 3 aliphatic rings. The van der Waals surface area contributed by atoms with Crippen LogP contribution < -0.4 is 0 Å². The maximum atomic E-state index is 4.26. The topological polar surface area (TPSA) is 16.1 Å². The Hall–Kier alpha value is -0.930. The Bertz CT molecular complexity index is 569. The summed E-state index contributed by atoms with van der Waals surface area (Å²) in [5, 5.41) is 1.32. The summed E-state index contributed by atoms with van der Waals surface area (Å²) in [6.07, 6.45) is 7.49. The first-order valence-corrected chi connectivity index (χ1v) is 8.21. The lowest BCUT2D eigenvalue weighted by Crippen LogP contribution is -2.47. The molecule has 2 bridgehead atoms. The molecule has 2 aromatic rings. The quantitative estimate of drug-likeness (QED) is 0.849. The number of rotatable bonds is 3. The molecule has 19 heavy (non-hydrogen) atoms. The van der Waals surface area contributed by atoms with Gasteiger partial charge in [0.1, 0.15) is 0 Å². The maximum absolute atomic E-state index is 4.26. The zero-order valence-electron chi connectivity index (χ0n) is 11.2. The van der Waals surface area contributed by atoms with Crippen LogP contribution in [0.25, 0.3) is 10.1 Å². The third-order valence-corrected chi connectivity index (χ3v) is 5.79. The van der Waals surface area contributed by atoms with E-state index in [9.17, 15) is 0 Å². The van der Waals surface area contributed by atoms with E-state index >= 15 is 0 Å². The molecule has 1 aromatic heterocycles. The smallest absolute Gasteiger partial charge is 0.0550 e. The molecule has 100 valence electrons. The number of fused-ring (bicyclic) bond motifs is 4. The van der Waals surface area contributed by atoms with Crippen LogP contribution in [0.15, 0.2) is 24.4 Å². The molecule has 3 heteroatoms. The van der Waals surface area contributed by atoms with Crippen LogP contribution in [0.4, 0.5) is 0 Å². The first kappa shape index (κ1) is 11.9. The third kappa shape index (κ3) is 2.30. The van der Waals surface area contributed by atoms with E-state index in [-0.39, 0.29) is 0 Å². The standard InChI is InChI=1S/C16H20N2S/c1(3-14-11-18-7-5-13(14)6-8-18)12-2-4-16-15(9-12)10-17-19-16/h2,4,9-10,13-14H,1,3,5-8,11H2. The van der Waals surface area contributed by atoms with Gasteiger partial charge in [0.25, 0.3) is 0 Å². The van der Waals surface area contributed by atoms with E-state index in [2.05, 4.69) is 27.5 Å². The second-order valence-electron chi connectivity index (χ2n) is 6.13. The fourth-order valence-corrected chi connectivity index (χ4v) is 4.47. The predicted molar refractivity (Wildman–Crippen MR) is 80.6 cm³/mol. The van der Waals surface area contributed by atoms with E-state index in [1.807, 2.05) is 6.20 Å². The van der Waals surface area contributed by atoms with Gasteiger partial charge < -0.3 is 4.90 Å². The van der Waals surface area contributed by atoms with Gasteiger partial charge in [0.05, 0.1) is 4.70 Å². The zero-order valence-corrected chi connectivity index (χ0v) is 12.0. The Morgan fingerprint density at radius 1 is 1.26 bits per heavy atom. The van der Waals surface area contributed by atoms with Crippen LogP contribution >= 0.6 is 11.5 Å². The zero-order chi connectivity index (χ0) is 12.7. The Kier molecular flexibility index (Phi) is 3.04. The van der Waals surface area contributed by atoms with Gasteiger partial charge in [0.2, 0.25) is 0 Å². The van der Waals surface area contributed by atoms with Crippen molar-refractivity contribution >= 4 is 21.6 Å². The number of nitrogens with zero attached hydrogens (tertiary/aromatic N) is 2. The number of benzene rings is 1. The Labute approximate surface area is 118 Å². The van der Waals surface area contributed by atoms with Crippen molar-refractivity contribution in [3.63, 3.8) is 0 Å². The van der Waals surface area contributed by atoms with Gasteiger partial charge in [0, 0.05) is 18.1 Å². The van der Waals surface area contributed by atoms with Gasteiger partial charge in [0.15, 0.2) is 0 Å². The van der Waals surface area contributed by atoms with E-state index in [0.717, 1.165) is 11.8 Å². The second kappa shape index (κ2) is 4.88. The van der Waals surface area contributed by atoms with Gasteiger partial charge in [-0.05, 0) is 79.8 Å². The molecule has 5 rings (SSSR count). The van der Waals surface area contributed by atoms with Crippen LogP contribution in [-0.4, -0.2) is 28.9 Å². The number of aromatic nitrogens is 1. The maximum Gasteiger partial charge on any atom is 0.0550 e. The molecule has 0 aliphatic carbocycles. The molecule has 0 radical (unpaired) electrons. The lowest BCUT2D eigenvalue weighted by molar-refractivity contribution is 0.0469. The lowest BCUT2D eigenvalue weighted by Gasteiger charge is -2.45. The molecule has 2 nitrogen and oxygen atoms in total. The normalized spacial score (nSPS) is 30.0. The summed E-state index contributed by atoms with van der Waals surface area (Å²) in [5.41, 5.74) is 1.49. The predicted octanol–water partition coefficient (Wildman–Crippen LogP) is 3.57. The monoisotopic (exact) mass is 272 g/mol. The van der Waals surface area contributed by atoms with Crippen molar-refractivity contribution in [2.75, 3.05) is 19.6 Å². The number of hydrogen-bond acceptors (Lipinski definition) is 3. The Morgan fingerprint density at radius 3 is 2.95 bits per heavy atom. The molecule has 0 saturated carbocycles. The second-order valence-corrected chi connectivity index (χ2v) is 6.97. The molecular weight excluding hydrogens is 252 g/mol. The fourth-order valence-electron chi connectivity index (χ4n) is 3.84. The first-order valence-electron chi connectivity index (χ1n) is 7.44. The fraction of sp³-hybridized carbons (Fsp3) is 0.562. The minimum Gasteiger partial charge on any atom is -0.303 e. The van der Waals surface area contributed by atoms with Crippen molar-refractivity contribution in [1.29, 1.82) is 0 Å². The van der Waals surface area contributed by atoms with E-state index in [1.165, 1.54) is 61.0 Å². The first-order chi connectivity index (χ1) is 9.38. The van der Waals surface area contributed by atoms with Crippen LogP contribution in [0.2, 0.25) is 0 Å². The molecule has 1 aromatic carbocycles. The van der Waals surface area contributed by atoms with Crippen molar-refractivity contribution in [1.82, 2.24) is 9.27 Å². The highest BCUT2D eigenvalue weighted by atomic mass is 32.1. The summed E-state index contributed by atoms with van der Waals surface area (Å²) < 4.78 is 5.57. The molecule has 3 fully saturated rings. The van der Waals surface area contributed by atoms with E-state index < -0.39 is 0 Å². The van der Waals surface area contributed by atoms with Gasteiger partial charge in [-0.25, -0.2) is 0 Å². The molecule has 4 heterocycles. The van der Waals surface area contributed by atoms with Gasteiger partial charge in [-0.3, -0.25) is 0 Å². The summed E-state index contributed by atoms with van der Waals surface area (Å²) in [7, 11) is 0. The van der Waals surface area contributed by atoms with Crippen LogP contribution in [0.1, 0.15) is 24.8 Å². The van der Waals surface area contributed by atoms with E-state index in [4.69, 9.17) is 0 Å². The van der Waals surface area contributed by atoms with Gasteiger partial charge >= 0.3 is 0 Å². The molecular formula is C16H20N2S. The number of hydrogen-bond donors (Lipinski definition) is 0. The van der Waals surface area contributed by atoms with Gasteiger partial charge in [-0.15, -0.1) is 0 Å². The highest BCUT2D eigenvalue weighted by Crippen LogP contribution is 2.35. The highest BCUT2D eigenvalue weighted by molar-refractivity contribution is 7.13. The van der Waals surface area contributed by atoms with E-state index in [0.29, 0.717) is 0 Å². The van der Waals surface area contributed by atoms with Crippen LogP contribution in [0.5, 0.6) is 0 Å². The summed E-state index contributed by atoms with van der Waals surface area (Å²) in [4.78, 5) is 2.66. The molecule has 1 atom stereocenters. The minimum atomic E-state index is 0.943. The summed E-state index contributed by atoms with van der Waals surface area (Å²) >= 11 is 1.60. The van der Waals surface area contributed by atoms with Crippen molar-refractivity contribution in [3.05, 3.63) is 30.0 Å². The molecule has 3 aliphatic heterocycles. The minimum absolute atomic E-state index is 0.943. The lowest BCUT2D eigenvalue weighted by atomic mass is 9.76. The SMILES string of the molecule is c1cc2sncc2cc1CCC1CN2CCC1CC2. The van der Waals surface area contributed by atoms with E-state index in [1.54, 1.807) is 11.5 Å². The molecule has 0 amide bonds. The average Bonchev–Trinajstić information content (AvgIpc) is 2.94. The molecule has 0 spiro atoms. The Balaban J connectivity index is 1.44. The van der Waals surface area contributed by atoms with Crippen LogP contribution in [0.3, 0.4) is 0 Å². The van der Waals surface area contributed by atoms with Crippen molar-refractivity contribution < 1.29 is 0 Å². The largest absolute Gasteiger partial charge is 0.303 e. The summed E-state index contributed by atoms with van der Waals surface area (Å²) in [5.74, 6) is 1.95. The van der Waals surface area contributed by atoms with Gasteiger partial charge in [-0.1, -0.05) is 6.07 Å². The number of piperidine rings is 3. The summed E-state index contributed by atoms with van der Waals surface area (Å²) in [6.45, 7) is 4.06. The average molecular weight is 272 g/mol. The molecule has 1 unspecified atom stereocenters. The van der Waals surface area contributed by atoms with Crippen molar-refractivity contribution in [2.45, 2.75) is 25.7 Å².